The van der Waals surface area contributed by atoms with Crippen LogP contribution < -0.4 is 0 Å². The predicted molar refractivity (Wildman–Crippen MR) is 130 cm³/mol. The lowest BCUT2D eigenvalue weighted by molar-refractivity contribution is -0.394. The molecule has 38 heavy (non-hydrogen) atoms. The Labute approximate surface area is 218 Å². The van der Waals surface area contributed by atoms with E-state index >= 15 is 0 Å². The highest BCUT2D eigenvalue weighted by molar-refractivity contribution is 7.97. The van der Waals surface area contributed by atoms with Crippen molar-refractivity contribution in [3.05, 3.63) is 90.5 Å². The van der Waals surface area contributed by atoms with Crippen molar-refractivity contribution in [2.24, 2.45) is 5.92 Å². The van der Waals surface area contributed by atoms with Crippen LogP contribution in [-0.4, -0.2) is 35.1 Å². The van der Waals surface area contributed by atoms with Gasteiger partial charge >= 0.3 is 18.3 Å². The number of aliphatic hydroxyl groups is 1. The lowest BCUT2D eigenvalue weighted by Gasteiger charge is -2.40. The highest BCUT2D eigenvalue weighted by Gasteiger charge is 2.76. The fourth-order valence-corrected chi connectivity index (χ4v) is 6.78. The molecular weight excluding hydrogens is 530 g/mol. The van der Waals surface area contributed by atoms with Crippen LogP contribution in [0, 0.1) is 5.92 Å². The number of benzene rings is 3. The van der Waals surface area contributed by atoms with Crippen LogP contribution in [0.3, 0.4) is 0 Å². The highest BCUT2D eigenvalue weighted by atomic mass is 32.2. The van der Waals surface area contributed by atoms with Gasteiger partial charge in [0.2, 0.25) is 0 Å². The number of esters is 1. The molecule has 0 aliphatic heterocycles. The summed E-state index contributed by atoms with van der Waals surface area (Å²) in [7, 11) is -0.576. The normalized spacial score (nSPS) is 16.0. The fourth-order valence-electron chi connectivity index (χ4n) is 4.70. The Hall–Kier alpha value is -2.98. The Kier molecular flexibility index (Phi) is 8.13. The quantitative estimate of drug-likeness (QED) is 0.188. The number of ether oxygens (including phenoxy) is 1. The predicted octanol–water partition coefficient (Wildman–Crippen LogP) is 7.35. The Bertz CT molecular complexity index is 1150. The topological polar surface area (TPSA) is 46.5 Å². The molecule has 3 aromatic carbocycles. The second-order valence-corrected chi connectivity index (χ2v) is 11.1. The summed E-state index contributed by atoms with van der Waals surface area (Å²) in [5, 5.41) is 10.0. The maximum Gasteiger partial charge on any atom is 0.430 e. The molecular formula is C28H25F6O3S+. The lowest BCUT2D eigenvalue weighted by atomic mass is 9.84. The molecule has 0 heterocycles. The van der Waals surface area contributed by atoms with Crippen LogP contribution in [0.4, 0.5) is 26.3 Å². The molecule has 0 aromatic heterocycles. The van der Waals surface area contributed by atoms with Crippen molar-refractivity contribution in [3.63, 3.8) is 0 Å². The van der Waals surface area contributed by atoms with Crippen molar-refractivity contribution < 1.29 is 41.0 Å². The molecule has 1 aliphatic carbocycles. The van der Waals surface area contributed by atoms with Gasteiger partial charge < -0.3 is 9.84 Å². The Morgan fingerprint density at radius 2 is 1.16 bits per heavy atom. The summed E-state index contributed by atoms with van der Waals surface area (Å²) in [4.78, 5) is 15.6. The lowest BCUT2D eigenvalue weighted by Crippen LogP contribution is -2.66. The summed E-state index contributed by atoms with van der Waals surface area (Å²) in [6, 6.07) is 24.9. The summed E-state index contributed by atoms with van der Waals surface area (Å²) in [5.41, 5.74) is -5.40. The summed E-state index contributed by atoms with van der Waals surface area (Å²) in [6.45, 7) is 0. The molecule has 1 N–H and O–H groups in total. The number of hydrogen-bond donors (Lipinski definition) is 1. The number of carbonyl (C=O) groups is 1. The minimum absolute atomic E-state index is 0.0255. The van der Waals surface area contributed by atoms with E-state index in [0.29, 0.717) is 12.8 Å². The maximum absolute atomic E-state index is 13.7. The van der Waals surface area contributed by atoms with Crippen LogP contribution in [0.2, 0.25) is 0 Å². The highest BCUT2D eigenvalue weighted by Crippen LogP contribution is 2.50. The molecule has 1 atom stereocenters. The van der Waals surface area contributed by atoms with Crippen LogP contribution in [0.25, 0.3) is 0 Å². The van der Waals surface area contributed by atoms with Crippen molar-refractivity contribution >= 4 is 16.9 Å². The zero-order valence-electron chi connectivity index (χ0n) is 20.0. The molecule has 1 saturated carbocycles. The van der Waals surface area contributed by atoms with Crippen LogP contribution in [0.5, 0.6) is 0 Å². The fraction of sp³-hybridized carbons (Fsp3) is 0.321. The smallest absolute Gasteiger partial charge is 0.430 e. The Morgan fingerprint density at radius 3 is 1.58 bits per heavy atom. The summed E-state index contributed by atoms with van der Waals surface area (Å²) >= 11 is 0. The second-order valence-electron chi connectivity index (χ2n) is 9.09. The van der Waals surface area contributed by atoms with Gasteiger partial charge in [0.25, 0.3) is 5.60 Å². The van der Waals surface area contributed by atoms with Crippen LogP contribution in [0.1, 0.15) is 36.0 Å². The number of halogens is 6. The summed E-state index contributed by atoms with van der Waals surface area (Å²) in [5.74, 6) is -2.65. The maximum atomic E-state index is 13.7. The third-order valence-corrected chi connectivity index (χ3v) is 8.85. The third kappa shape index (κ3) is 5.56. The van der Waals surface area contributed by atoms with E-state index < -0.39 is 46.8 Å². The second kappa shape index (κ2) is 11.0. The number of hydrogen-bond acceptors (Lipinski definition) is 3. The van der Waals surface area contributed by atoms with E-state index in [-0.39, 0.29) is 18.4 Å². The van der Waals surface area contributed by atoms with Gasteiger partial charge in [-0.1, -0.05) is 49.2 Å². The number of carbonyl (C=O) groups excluding carboxylic acids is 1. The minimum atomic E-state index is -6.09. The van der Waals surface area contributed by atoms with Crippen molar-refractivity contribution in [1.82, 2.24) is 0 Å². The van der Waals surface area contributed by atoms with Gasteiger partial charge in [0.15, 0.2) is 20.8 Å². The number of rotatable bonds is 7. The molecule has 0 radical (unpaired) electrons. The molecule has 10 heteroatoms. The molecule has 3 nitrogen and oxygen atoms in total. The Morgan fingerprint density at radius 1 is 0.737 bits per heavy atom. The zero-order valence-corrected chi connectivity index (χ0v) is 20.8. The average molecular weight is 556 g/mol. The van der Waals surface area contributed by atoms with Gasteiger partial charge in [0.1, 0.15) is 0 Å². The van der Waals surface area contributed by atoms with Gasteiger partial charge in [-0.25, -0.2) is 4.79 Å². The number of alkyl halides is 6. The van der Waals surface area contributed by atoms with E-state index in [0.717, 1.165) is 14.7 Å². The molecule has 0 amide bonds. The van der Waals surface area contributed by atoms with Gasteiger partial charge in [-0.05, 0) is 67.3 Å². The largest absolute Gasteiger partial charge is 0.455 e. The molecule has 0 bridgehead atoms. The SMILES string of the molecule is O=C(OC(C1CCCC1)C(O)(C(F)(F)F)C(F)(F)F)c1ccc([S+](c2ccccc2)c2ccccc2)cc1. The van der Waals surface area contributed by atoms with Crippen LogP contribution in [0.15, 0.2) is 99.6 Å². The molecule has 4 rings (SSSR count). The van der Waals surface area contributed by atoms with Gasteiger partial charge in [0, 0.05) is 0 Å². The van der Waals surface area contributed by atoms with E-state index in [9.17, 15) is 36.2 Å². The third-order valence-electron chi connectivity index (χ3n) is 6.62. The summed E-state index contributed by atoms with van der Waals surface area (Å²) in [6.07, 6.45) is -14.3. The van der Waals surface area contributed by atoms with Gasteiger partial charge in [0.05, 0.1) is 16.5 Å². The first-order valence-electron chi connectivity index (χ1n) is 11.9. The molecule has 0 saturated heterocycles. The van der Waals surface area contributed by atoms with E-state index in [4.69, 9.17) is 4.74 Å². The first-order chi connectivity index (χ1) is 17.9. The molecule has 3 aromatic rings. The molecule has 202 valence electrons. The molecule has 0 spiro atoms. The monoisotopic (exact) mass is 555 g/mol. The zero-order chi connectivity index (χ0) is 27.6. The van der Waals surface area contributed by atoms with Gasteiger partial charge in [-0.3, -0.25) is 0 Å². The van der Waals surface area contributed by atoms with Crippen LogP contribution in [-0.2, 0) is 15.6 Å². The molecule has 1 unspecified atom stereocenters. The van der Waals surface area contributed by atoms with Gasteiger partial charge in [-0.15, -0.1) is 0 Å². The van der Waals surface area contributed by atoms with E-state index in [1.807, 2.05) is 60.7 Å². The van der Waals surface area contributed by atoms with Crippen molar-refractivity contribution in [1.29, 1.82) is 0 Å². The van der Waals surface area contributed by atoms with Gasteiger partial charge in [-0.2, -0.15) is 26.3 Å². The van der Waals surface area contributed by atoms with Crippen LogP contribution >= 0.6 is 0 Å². The van der Waals surface area contributed by atoms with E-state index in [1.54, 1.807) is 12.1 Å². The molecule has 1 aliphatic rings. The average Bonchev–Trinajstić information content (AvgIpc) is 3.42. The first-order valence-corrected chi connectivity index (χ1v) is 13.2. The van der Waals surface area contributed by atoms with E-state index in [1.165, 1.54) is 12.1 Å². The van der Waals surface area contributed by atoms with Crippen molar-refractivity contribution in [3.8, 4) is 0 Å². The Balaban J connectivity index is 1.65. The van der Waals surface area contributed by atoms with Crippen molar-refractivity contribution in [2.45, 2.75) is 64.4 Å². The minimum Gasteiger partial charge on any atom is -0.455 e. The first kappa shape index (κ1) is 28.0. The standard InChI is InChI=1S/C28H25F6O3S/c29-27(30,31)26(36,28(32,33)34)24(19-9-7-8-10-19)37-25(35)20-15-17-23(18-16-20)38(21-11-3-1-4-12-21)22-13-5-2-6-14-22/h1-6,11-19,24,36H,7-10H2/q+1. The summed E-state index contributed by atoms with van der Waals surface area (Å²) < 4.78 is 86.8. The van der Waals surface area contributed by atoms with E-state index in [2.05, 4.69) is 0 Å². The van der Waals surface area contributed by atoms with Crippen molar-refractivity contribution in [2.75, 3.05) is 0 Å². The molecule has 1 fully saturated rings.